The van der Waals surface area contributed by atoms with Crippen LogP contribution in [0.15, 0.2) is 42.5 Å². The Labute approximate surface area is 175 Å². The molecule has 1 aliphatic carbocycles. The topological polar surface area (TPSA) is 60.4 Å². The standard InChI is InChI=1S/C24H28O3.H3OP/c1-16-13-17(2)21(18(3)14-16)23(25)22(20-11-7-8-12-20)24(26)27-15-19-9-5-4-6-10-19;1-2/h4-6,9-10,13-14,20,22H,7-8,11-12,15H2,1-3H3;2H3. The minimum Gasteiger partial charge on any atom is -0.460 e. The van der Waals surface area contributed by atoms with Gasteiger partial charge in [0.05, 0.1) is 9.12 Å². The first kappa shape index (κ1) is 23.1. The van der Waals surface area contributed by atoms with Crippen molar-refractivity contribution in [1.82, 2.24) is 0 Å². The molecular formula is C24H31O4P. The van der Waals surface area contributed by atoms with Gasteiger partial charge in [-0.25, -0.2) is 0 Å². The van der Waals surface area contributed by atoms with Gasteiger partial charge in [-0.1, -0.05) is 60.9 Å². The molecule has 1 fully saturated rings. The summed E-state index contributed by atoms with van der Waals surface area (Å²) in [7, 11) is 0.611. The van der Waals surface area contributed by atoms with Crippen LogP contribution < -0.4 is 0 Å². The van der Waals surface area contributed by atoms with Crippen molar-refractivity contribution in [3.8, 4) is 0 Å². The van der Waals surface area contributed by atoms with E-state index in [1.54, 1.807) is 0 Å². The van der Waals surface area contributed by atoms with Crippen molar-refractivity contribution in [3.63, 3.8) is 0 Å². The van der Waals surface area contributed by atoms with Crippen LogP contribution in [0, 0.1) is 32.6 Å². The van der Waals surface area contributed by atoms with E-state index in [4.69, 9.17) is 9.30 Å². The largest absolute Gasteiger partial charge is 0.460 e. The highest BCUT2D eigenvalue weighted by molar-refractivity contribution is 7.00. The molecule has 0 heterocycles. The number of carbonyl (C=O) groups is 2. The van der Waals surface area contributed by atoms with Gasteiger partial charge in [-0.15, -0.1) is 0 Å². The molecule has 156 valence electrons. The summed E-state index contributed by atoms with van der Waals surface area (Å²) in [6, 6.07) is 13.6. The fourth-order valence-corrected chi connectivity index (χ4v) is 4.35. The third-order valence-electron chi connectivity index (χ3n) is 5.55. The predicted octanol–water partition coefficient (Wildman–Crippen LogP) is 5.28. The lowest BCUT2D eigenvalue weighted by Gasteiger charge is -2.23. The molecule has 0 aliphatic heterocycles. The van der Waals surface area contributed by atoms with Gasteiger partial charge in [0.25, 0.3) is 0 Å². The van der Waals surface area contributed by atoms with Gasteiger partial charge in [-0.3, -0.25) is 9.59 Å². The van der Waals surface area contributed by atoms with Crippen molar-refractivity contribution in [2.45, 2.75) is 53.1 Å². The van der Waals surface area contributed by atoms with Gasteiger partial charge in [0.15, 0.2) is 5.78 Å². The fourth-order valence-electron chi connectivity index (χ4n) is 4.35. The first-order valence-corrected chi connectivity index (χ1v) is 10.7. The zero-order valence-electron chi connectivity index (χ0n) is 17.6. The van der Waals surface area contributed by atoms with E-state index in [0.717, 1.165) is 47.9 Å². The number of Topliss-reactive ketones (excluding diaryl/α,β-unsaturated/α-hetero) is 1. The average molecular weight is 414 g/mol. The Morgan fingerprint density at radius 2 is 1.55 bits per heavy atom. The summed E-state index contributed by atoms with van der Waals surface area (Å²) in [5.74, 6) is -1.07. The quantitative estimate of drug-likeness (QED) is 0.279. The number of carbonyl (C=O) groups excluding carboxylic acids is 2. The molecule has 1 saturated carbocycles. The molecule has 0 spiro atoms. The fraction of sp³-hybridized carbons (Fsp3) is 0.417. The number of esters is 1. The molecule has 5 heteroatoms. The van der Waals surface area contributed by atoms with E-state index in [1.165, 1.54) is 0 Å². The van der Waals surface area contributed by atoms with E-state index < -0.39 is 5.92 Å². The van der Waals surface area contributed by atoms with Crippen LogP contribution in [0.5, 0.6) is 0 Å². The molecule has 0 radical (unpaired) electrons. The Bertz CT molecular complexity index is 818. The number of ether oxygens (including phenoxy) is 1. The molecule has 2 unspecified atom stereocenters. The number of ketones is 1. The van der Waals surface area contributed by atoms with Crippen LogP contribution in [0.4, 0.5) is 0 Å². The number of benzene rings is 2. The number of hydrogen-bond donors (Lipinski definition) is 0. The van der Waals surface area contributed by atoms with Gasteiger partial charge < -0.3 is 9.30 Å². The van der Waals surface area contributed by atoms with Crippen molar-refractivity contribution < 1.29 is 18.9 Å². The van der Waals surface area contributed by atoms with Crippen LogP contribution >= 0.6 is 9.12 Å². The van der Waals surface area contributed by atoms with Gasteiger partial charge in [-0.05, 0) is 56.2 Å². The van der Waals surface area contributed by atoms with Crippen LogP contribution in [0.3, 0.4) is 0 Å². The Morgan fingerprint density at radius 1 is 1.00 bits per heavy atom. The number of hydrogen-bond acceptors (Lipinski definition) is 4. The third-order valence-corrected chi connectivity index (χ3v) is 5.55. The zero-order chi connectivity index (χ0) is 21.4. The van der Waals surface area contributed by atoms with Crippen molar-refractivity contribution in [3.05, 3.63) is 70.3 Å². The zero-order valence-corrected chi connectivity index (χ0v) is 19.0. The minimum atomic E-state index is -0.698. The molecule has 0 bridgehead atoms. The van der Waals surface area contributed by atoms with Crippen molar-refractivity contribution in [2.24, 2.45) is 11.8 Å². The molecule has 29 heavy (non-hydrogen) atoms. The summed E-state index contributed by atoms with van der Waals surface area (Å²) in [5.41, 5.74) is 4.64. The SMILES string of the molecule is Cc1cc(C)c(C(=O)C(C(=O)OCc2ccccc2)C2CCCC2)c(C)c1.O=[PH3]. The molecule has 0 aromatic heterocycles. The molecule has 0 amide bonds. The number of rotatable bonds is 6. The van der Waals surface area contributed by atoms with Crippen molar-refractivity contribution in [1.29, 1.82) is 0 Å². The van der Waals surface area contributed by atoms with Crippen molar-refractivity contribution in [2.75, 3.05) is 0 Å². The first-order valence-electron chi connectivity index (χ1n) is 10.1. The second-order valence-corrected chi connectivity index (χ2v) is 7.75. The lowest BCUT2D eigenvalue weighted by atomic mass is 9.81. The second-order valence-electron chi connectivity index (χ2n) is 7.75. The molecule has 4 nitrogen and oxygen atoms in total. The summed E-state index contributed by atoms with van der Waals surface area (Å²) >= 11 is 0. The molecule has 0 N–H and O–H groups in total. The van der Waals surface area contributed by atoms with Gasteiger partial charge in [-0.2, -0.15) is 0 Å². The minimum absolute atomic E-state index is 0.0741. The van der Waals surface area contributed by atoms with E-state index in [1.807, 2.05) is 63.2 Å². The highest BCUT2D eigenvalue weighted by Crippen LogP contribution is 2.35. The summed E-state index contributed by atoms with van der Waals surface area (Å²) in [6.45, 7) is 6.14. The average Bonchev–Trinajstić information content (AvgIpc) is 3.22. The van der Waals surface area contributed by atoms with Crippen LogP contribution in [0.1, 0.15) is 58.3 Å². The molecule has 2 atom stereocenters. The molecule has 2 aromatic carbocycles. The van der Waals surface area contributed by atoms with Crippen LogP contribution in [0.2, 0.25) is 0 Å². The highest BCUT2D eigenvalue weighted by atomic mass is 31.0. The second kappa shape index (κ2) is 11.1. The van der Waals surface area contributed by atoms with Crippen LogP contribution in [-0.4, -0.2) is 11.8 Å². The Balaban J connectivity index is 0.00000145. The molecular weight excluding hydrogens is 383 g/mol. The van der Waals surface area contributed by atoms with E-state index in [0.29, 0.717) is 14.7 Å². The maximum absolute atomic E-state index is 13.4. The maximum Gasteiger partial charge on any atom is 0.317 e. The summed E-state index contributed by atoms with van der Waals surface area (Å²) in [5, 5.41) is 0. The third kappa shape index (κ3) is 5.90. The smallest absolute Gasteiger partial charge is 0.317 e. The number of aryl methyl sites for hydroxylation is 3. The van der Waals surface area contributed by atoms with Gasteiger partial charge in [0.2, 0.25) is 0 Å². The van der Waals surface area contributed by atoms with Gasteiger partial charge in [0.1, 0.15) is 12.5 Å². The van der Waals surface area contributed by atoms with E-state index in [2.05, 4.69) is 0 Å². The Morgan fingerprint density at radius 3 is 2.10 bits per heavy atom. The lowest BCUT2D eigenvalue weighted by Crippen LogP contribution is -2.33. The first-order chi connectivity index (χ1) is 14.0. The monoisotopic (exact) mass is 414 g/mol. The van der Waals surface area contributed by atoms with E-state index in [9.17, 15) is 9.59 Å². The molecule has 1 aliphatic rings. The summed E-state index contributed by atoms with van der Waals surface area (Å²) in [4.78, 5) is 26.4. The highest BCUT2D eigenvalue weighted by Gasteiger charge is 2.39. The molecule has 3 rings (SSSR count). The lowest BCUT2D eigenvalue weighted by molar-refractivity contribution is -0.149. The normalized spacial score (nSPS) is 14.7. The summed E-state index contributed by atoms with van der Waals surface area (Å²) in [6.07, 6.45) is 3.99. The molecule has 0 saturated heterocycles. The Kier molecular flexibility index (Phi) is 8.85. The van der Waals surface area contributed by atoms with Crippen LogP contribution in [-0.2, 0) is 20.7 Å². The predicted molar refractivity (Wildman–Crippen MR) is 118 cm³/mol. The maximum atomic E-state index is 13.4. The van der Waals surface area contributed by atoms with Gasteiger partial charge in [0, 0.05) is 5.56 Å². The summed E-state index contributed by atoms with van der Waals surface area (Å²) < 4.78 is 13.9. The van der Waals surface area contributed by atoms with Crippen molar-refractivity contribution >= 4 is 20.9 Å². The van der Waals surface area contributed by atoms with Crippen LogP contribution in [0.25, 0.3) is 0 Å². The Hall–Kier alpha value is -2.19. The van der Waals surface area contributed by atoms with Gasteiger partial charge >= 0.3 is 5.97 Å². The molecule has 2 aromatic rings. The van der Waals surface area contributed by atoms with E-state index in [-0.39, 0.29) is 24.3 Å². The van der Waals surface area contributed by atoms with E-state index >= 15 is 0 Å².